The minimum Gasteiger partial charge on any atom is -0.463 e. The number of halogens is 3. The van der Waals surface area contributed by atoms with Crippen LogP contribution in [-0.4, -0.2) is 30.3 Å². The molecule has 0 fully saturated rings. The summed E-state index contributed by atoms with van der Waals surface area (Å²) in [6, 6.07) is 6.15. The molecule has 0 bridgehead atoms. The second-order valence-electron chi connectivity index (χ2n) is 5.77. The molecule has 1 aromatic rings. The second-order valence-corrected chi connectivity index (χ2v) is 5.77. The first-order chi connectivity index (χ1) is 11.6. The van der Waals surface area contributed by atoms with E-state index in [4.69, 9.17) is 0 Å². The van der Waals surface area contributed by atoms with Crippen molar-refractivity contribution in [1.82, 2.24) is 5.32 Å². The van der Waals surface area contributed by atoms with Crippen molar-refractivity contribution in [2.75, 3.05) is 11.9 Å². The molecule has 0 aliphatic rings. The first kappa shape index (κ1) is 20.8. The standard InChI is InChI=1S/C17H23F3N2O3/c1-5-14(23)22-16(17(18,19)20,15(24)25-6-2)21-13-9-7-12(8-10-13)11(3)4/h7-11,21H,5-6H2,1-4H3,(H,22,23)/t16-/m1/s1. The molecular weight excluding hydrogens is 337 g/mol. The lowest BCUT2D eigenvalue weighted by molar-refractivity contribution is -0.207. The Hall–Kier alpha value is -2.25. The molecule has 0 heterocycles. The van der Waals surface area contributed by atoms with Gasteiger partial charge in [-0.2, -0.15) is 13.2 Å². The van der Waals surface area contributed by atoms with Crippen LogP contribution in [0.4, 0.5) is 18.9 Å². The van der Waals surface area contributed by atoms with Crippen LogP contribution in [0.2, 0.25) is 0 Å². The zero-order valence-electron chi connectivity index (χ0n) is 14.7. The number of carbonyl (C=O) groups is 2. The highest BCUT2D eigenvalue weighted by atomic mass is 19.4. The molecule has 0 aliphatic carbocycles. The summed E-state index contributed by atoms with van der Waals surface area (Å²) in [5, 5.41) is 3.86. The zero-order valence-corrected chi connectivity index (χ0v) is 14.7. The molecule has 0 radical (unpaired) electrons. The summed E-state index contributed by atoms with van der Waals surface area (Å²) in [5.41, 5.74) is -2.39. The molecule has 0 spiro atoms. The van der Waals surface area contributed by atoms with Crippen molar-refractivity contribution >= 4 is 17.6 Å². The van der Waals surface area contributed by atoms with Gasteiger partial charge >= 0.3 is 17.8 Å². The molecule has 1 amide bonds. The largest absolute Gasteiger partial charge is 0.463 e. The van der Waals surface area contributed by atoms with Gasteiger partial charge in [0.15, 0.2) is 0 Å². The zero-order chi connectivity index (χ0) is 19.3. The normalized spacial score (nSPS) is 13.9. The topological polar surface area (TPSA) is 67.4 Å². The molecule has 0 unspecified atom stereocenters. The molecule has 5 nitrogen and oxygen atoms in total. The highest BCUT2D eigenvalue weighted by Gasteiger charge is 2.63. The average Bonchev–Trinajstić information content (AvgIpc) is 2.53. The Labute approximate surface area is 144 Å². The third-order valence-corrected chi connectivity index (χ3v) is 3.56. The quantitative estimate of drug-likeness (QED) is 0.576. The van der Waals surface area contributed by atoms with Crippen LogP contribution in [0.1, 0.15) is 45.6 Å². The SMILES string of the molecule is CCOC(=O)[C@](NC(=O)CC)(Nc1ccc(C(C)C)cc1)C(F)(F)F. The molecule has 1 rings (SSSR count). The van der Waals surface area contributed by atoms with Gasteiger partial charge in [-0.25, -0.2) is 4.79 Å². The highest BCUT2D eigenvalue weighted by Crippen LogP contribution is 2.33. The summed E-state index contributed by atoms with van der Waals surface area (Å²) in [6.07, 6.45) is -5.33. The van der Waals surface area contributed by atoms with E-state index in [1.165, 1.54) is 26.0 Å². The number of amides is 1. The fraction of sp³-hybridized carbons (Fsp3) is 0.529. The Bertz CT molecular complexity index is 600. The van der Waals surface area contributed by atoms with Gasteiger partial charge in [0.1, 0.15) is 0 Å². The minimum absolute atomic E-state index is 0.0335. The maximum atomic E-state index is 13.8. The summed E-state index contributed by atoms with van der Waals surface area (Å²) in [7, 11) is 0. The number of nitrogens with one attached hydrogen (secondary N) is 2. The van der Waals surface area contributed by atoms with Crippen LogP contribution in [0, 0.1) is 0 Å². The van der Waals surface area contributed by atoms with E-state index in [2.05, 4.69) is 10.1 Å². The predicted molar refractivity (Wildman–Crippen MR) is 88.0 cm³/mol. The summed E-state index contributed by atoms with van der Waals surface area (Å²) in [6.45, 7) is 6.41. The van der Waals surface area contributed by atoms with E-state index in [1.54, 1.807) is 17.4 Å². The number of hydrogen-bond acceptors (Lipinski definition) is 4. The second kappa shape index (κ2) is 8.22. The molecule has 0 saturated carbocycles. The van der Waals surface area contributed by atoms with Crippen molar-refractivity contribution in [3.63, 3.8) is 0 Å². The van der Waals surface area contributed by atoms with Gasteiger partial charge in [0.2, 0.25) is 5.91 Å². The van der Waals surface area contributed by atoms with Crippen molar-refractivity contribution < 1.29 is 27.5 Å². The molecule has 25 heavy (non-hydrogen) atoms. The van der Waals surface area contributed by atoms with Crippen molar-refractivity contribution in [2.45, 2.75) is 51.9 Å². The van der Waals surface area contributed by atoms with Gasteiger partial charge < -0.3 is 15.4 Å². The Morgan fingerprint density at radius 1 is 1.12 bits per heavy atom. The molecule has 8 heteroatoms. The molecule has 0 saturated heterocycles. The fourth-order valence-electron chi connectivity index (χ4n) is 2.10. The van der Waals surface area contributed by atoms with E-state index >= 15 is 0 Å². The third-order valence-electron chi connectivity index (χ3n) is 3.56. The first-order valence-corrected chi connectivity index (χ1v) is 8.00. The molecule has 1 aromatic carbocycles. The van der Waals surface area contributed by atoms with E-state index in [0.29, 0.717) is 0 Å². The van der Waals surface area contributed by atoms with Crippen molar-refractivity contribution in [3.8, 4) is 0 Å². The van der Waals surface area contributed by atoms with Gasteiger partial charge in [-0.1, -0.05) is 32.9 Å². The molecule has 0 aromatic heterocycles. The first-order valence-electron chi connectivity index (χ1n) is 8.00. The number of carbonyl (C=O) groups excluding carboxylic acids is 2. The lowest BCUT2D eigenvalue weighted by Gasteiger charge is -2.35. The number of rotatable bonds is 7. The number of anilines is 1. The van der Waals surface area contributed by atoms with Crippen molar-refractivity contribution in [2.24, 2.45) is 0 Å². The van der Waals surface area contributed by atoms with E-state index in [1.807, 2.05) is 13.8 Å². The Kier molecular flexibility index (Phi) is 6.84. The van der Waals surface area contributed by atoms with Crippen LogP contribution in [0.5, 0.6) is 0 Å². The molecule has 1 atom stereocenters. The molecule has 140 valence electrons. The summed E-state index contributed by atoms with van der Waals surface area (Å²) < 4.78 is 45.9. The van der Waals surface area contributed by atoms with Gasteiger partial charge in [-0.15, -0.1) is 0 Å². The molecule has 2 N–H and O–H groups in total. The Morgan fingerprint density at radius 2 is 1.68 bits per heavy atom. The van der Waals surface area contributed by atoms with Crippen LogP contribution in [-0.2, 0) is 14.3 Å². The predicted octanol–water partition coefficient (Wildman–Crippen LogP) is 3.57. The van der Waals surface area contributed by atoms with Crippen LogP contribution < -0.4 is 10.6 Å². The number of esters is 1. The fourth-order valence-corrected chi connectivity index (χ4v) is 2.10. The number of benzene rings is 1. The van der Waals surface area contributed by atoms with Crippen LogP contribution >= 0.6 is 0 Å². The lowest BCUT2D eigenvalue weighted by atomic mass is 10.0. The van der Waals surface area contributed by atoms with Gasteiger partial charge in [0.05, 0.1) is 6.61 Å². The third kappa shape index (κ3) is 4.87. The maximum absolute atomic E-state index is 13.8. The summed E-state index contributed by atoms with van der Waals surface area (Å²) in [4.78, 5) is 23.8. The van der Waals surface area contributed by atoms with Gasteiger partial charge in [0.25, 0.3) is 0 Å². The van der Waals surface area contributed by atoms with Crippen molar-refractivity contribution in [3.05, 3.63) is 29.8 Å². The highest BCUT2D eigenvalue weighted by molar-refractivity contribution is 5.91. The maximum Gasteiger partial charge on any atom is 0.441 e. The number of hydrogen-bond donors (Lipinski definition) is 2. The van der Waals surface area contributed by atoms with E-state index in [0.717, 1.165) is 5.56 Å². The Balaban J connectivity index is 3.32. The van der Waals surface area contributed by atoms with Crippen LogP contribution in [0.15, 0.2) is 24.3 Å². The molecule has 0 aliphatic heterocycles. The molecular formula is C17H23F3N2O3. The number of ether oxygens (including phenoxy) is 1. The summed E-state index contributed by atoms with van der Waals surface area (Å²) >= 11 is 0. The van der Waals surface area contributed by atoms with Gasteiger partial charge in [0, 0.05) is 12.1 Å². The lowest BCUT2D eigenvalue weighted by Crippen LogP contribution is -2.69. The summed E-state index contributed by atoms with van der Waals surface area (Å²) in [5.74, 6) is -2.35. The van der Waals surface area contributed by atoms with Gasteiger partial charge in [-0.05, 0) is 30.5 Å². The van der Waals surface area contributed by atoms with Crippen LogP contribution in [0.25, 0.3) is 0 Å². The Morgan fingerprint density at radius 3 is 2.08 bits per heavy atom. The van der Waals surface area contributed by atoms with E-state index in [9.17, 15) is 22.8 Å². The van der Waals surface area contributed by atoms with E-state index < -0.39 is 23.7 Å². The minimum atomic E-state index is -5.11. The number of alkyl halides is 3. The smallest absolute Gasteiger partial charge is 0.441 e. The monoisotopic (exact) mass is 360 g/mol. The average molecular weight is 360 g/mol. The van der Waals surface area contributed by atoms with Crippen molar-refractivity contribution in [1.29, 1.82) is 0 Å². The van der Waals surface area contributed by atoms with Gasteiger partial charge in [-0.3, -0.25) is 4.79 Å². The van der Waals surface area contributed by atoms with E-state index in [-0.39, 0.29) is 24.6 Å². The van der Waals surface area contributed by atoms with Crippen LogP contribution in [0.3, 0.4) is 0 Å².